The van der Waals surface area contributed by atoms with Crippen LogP contribution < -0.4 is 9.64 Å². The monoisotopic (exact) mass is 733 g/mol. The SMILES string of the molecule is CC(C)Oc1ccc(-c2nn(C(c3ccccc3)(c3ccccc3)c3ccccc3)c3ccc(N4CCC5(CCN(C(=O)OC(C)(C)C)C5)C4=O)cc23)cn1. The first kappa shape index (κ1) is 36.0. The van der Waals surface area contributed by atoms with E-state index in [1.807, 2.05) is 82.1 Å². The predicted octanol–water partition coefficient (Wildman–Crippen LogP) is 9.09. The molecule has 2 aliphatic heterocycles. The minimum atomic E-state index is -0.863. The third-order valence-corrected chi connectivity index (χ3v) is 10.8. The summed E-state index contributed by atoms with van der Waals surface area (Å²) in [7, 11) is 0. The Morgan fingerprint density at radius 3 is 1.93 bits per heavy atom. The lowest BCUT2D eigenvalue weighted by atomic mass is 9.77. The van der Waals surface area contributed by atoms with Crippen LogP contribution in [0.4, 0.5) is 10.5 Å². The van der Waals surface area contributed by atoms with E-state index in [1.165, 1.54) is 0 Å². The average molecular weight is 734 g/mol. The third-order valence-electron chi connectivity index (χ3n) is 10.8. The molecule has 0 saturated carbocycles. The van der Waals surface area contributed by atoms with Crippen LogP contribution in [0.15, 0.2) is 128 Å². The van der Waals surface area contributed by atoms with Gasteiger partial charge in [0.2, 0.25) is 11.8 Å². The Kier molecular flexibility index (Phi) is 9.19. The summed E-state index contributed by atoms with van der Waals surface area (Å²) >= 11 is 0. The van der Waals surface area contributed by atoms with E-state index in [9.17, 15) is 9.59 Å². The van der Waals surface area contributed by atoms with Crippen molar-refractivity contribution < 1.29 is 19.1 Å². The van der Waals surface area contributed by atoms with E-state index in [1.54, 1.807) is 4.90 Å². The largest absolute Gasteiger partial charge is 0.475 e. The van der Waals surface area contributed by atoms with Gasteiger partial charge >= 0.3 is 6.09 Å². The molecule has 0 aliphatic carbocycles. The van der Waals surface area contributed by atoms with Gasteiger partial charge in [-0.15, -0.1) is 0 Å². The van der Waals surface area contributed by atoms with Crippen LogP contribution in [0.2, 0.25) is 0 Å². The Morgan fingerprint density at radius 2 is 1.38 bits per heavy atom. The number of fused-ring (bicyclic) bond motifs is 1. The number of aromatic nitrogens is 3. The number of carbonyl (C=O) groups is 2. The summed E-state index contributed by atoms with van der Waals surface area (Å²) in [6.07, 6.45) is 2.70. The highest BCUT2D eigenvalue weighted by Crippen LogP contribution is 2.46. The fourth-order valence-corrected chi connectivity index (χ4v) is 8.28. The molecule has 280 valence electrons. The van der Waals surface area contributed by atoms with Crippen LogP contribution in [-0.2, 0) is 15.1 Å². The Bertz CT molecular complexity index is 2220. The second kappa shape index (κ2) is 14.0. The molecule has 1 atom stereocenters. The standard InChI is InChI=1S/C46H47N5O4/c1-32(2)54-40-24-21-33(30-47-40)41-38-29-37(50-28-26-45(42(50)52)25-27-49(31-45)43(53)55-44(3,4)5)22-23-39(38)51(48-41)46(34-15-9-6-10-16-34,35-17-11-7-12-18-35)36-19-13-8-14-20-36/h6-24,29-30,32H,25-28,31H2,1-5H3. The number of hydrogen-bond acceptors (Lipinski definition) is 6. The highest BCUT2D eigenvalue weighted by molar-refractivity contribution is 6.04. The lowest BCUT2D eigenvalue weighted by Gasteiger charge is -2.37. The summed E-state index contributed by atoms with van der Waals surface area (Å²) in [5, 5.41) is 6.43. The van der Waals surface area contributed by atoms with Gasteiger partial charge in [-0.05, 0) is 88.4 Å². The number of anilines is 1. The molecule has 9 heteroatoms. The molecule has 6 aromatic rings. The lowest BCUT2D eigenvalue weighted by Crippen LogP contribution is -2.40. The molecule has 0 bridgehead atoms. The van der Waals surface area contributed by atoms with Crippen molar-refractivity contribution in [3.63, 3.8) is 0 Å². The summed E-state index contributed by atoms with van der Waals surface area (Å²) in [5.74, 6) is 0.580. The molecular formula is C46H47N5O4. The van der Waals surface area contributed by atoms with E-state index in [0.29, 0.717) is 38.4 Å². The zero-order chi connectivity index (χ0) is 38.4. The Hall–Kier alpha value is -5.96. The summed E-state index contributed by atoms with van der Waals surface area (Å²) < 4.78 is 13.7. The van der Waals surface area contributed by atoms with Gasteiger partial charge in [0.25, 0.3) is 0 Å². The van der Waals surface area contributed by atoms with E-state index in [4.69, 9.17) is 14.6 Å². The molecule has 2 amide bonds. The predicted molar refractivity (Wildman–Crippen MR) is 215 cm³/mol. The Balaban J connectivity index is 1.29. The molecule has 8 rings (SSSR count). The minimum Gasteiger partial charge on any atom is -0.475 e. The van der Waals surface area contributed by atoms with Crippen molar-refractivity contribution in [2.45, 2.75) is 64.7 Å². The second-order valence-electron chi connectivity index (χ2n) is 16.0. The number of ether oxygens (including phenoxy) is 2. The number of nitrogens with zero attached hydrogens (tertiary/aromatic N) is 5. The number of benzene rings is 4. The quantitative estimate of drug-likeness (QED) is 0.145. The molecule has 4 aromatic carbocycles. The number of amides is 2. The maximum Gasteiger partial charge on any atom is 0.410 e. The molecule has 1 unspecified atom stereocenters. The van der Waals surface area contributed by atoms with Crippen LogP contribution >= 0.6 is 0 Å². The van der Waals surface area contributed by atoms with Crippen LogP contribution in [0.25, 0.3) is 22.2 Å². The van der Waals surface area contributed by atoms with Gasteiger partial charge in [0.05, 0.1) is 17.0 Å². The van der Waals surface area contributed by atoms with Crippen LogP contribution in [0.1, 0.15) is 64.2 Å². The first-order chi connectivity index (χ1) is 26.5. The normalized spacial score (nSPS) is 17.5. The van der Waals surface area contributed by atoms with Gasteiger partial charge in [-0.25, -0.2) is 14.5 Å². The lowest BCUT2D eigenvalue weighted by molar-refractivity contribution is -0.124. The first-order valence-electron chi connectivity index (χ1n) is 19.1. The molecule has 0 radical (unpaired) electrons. The van der Waals surface area contributed by atoms with Crippen molar-refractivity contribution in [2.24, 2.45) is 5.41 Å². The third kappa shape index (κ3) is 6.51. The fourth-order valence-electron chi connectivity index (χ4n) is 8.28. The van der Waals surface area contributed by atoms with Crippen LogP contribution in [0.3, 0.4) is 0 Å². The van der Waals surface area contributed by atoms with Gasteiger partial charge in [-0.3, -0.25) is 4.79 Å². The minimum absolute atomic E-state index is 0.0124. The molecule has 55 heavy (non-hydrogen) atoms. The van der Waals surface area contributed by atoms with Crippen LogP contribution in [0.5, 0.6) is 5.88 Å². The molecule has 0 N–H and O–H groups in total. The smallest absolute Gasteiger partial charge is 0.410 e. The van der Waals surface area contributed by atoms with Gasteiger partial charge in [-0.1, -0.05) is 91.0 Å². The highest BCUT2D eigenvalue weighted by atomic mass is 16.6. The number of rotatable bonds is 8. The van der Waals surface area contributed by atoms with Crippen molar-refractivity contribution in [2.75, 3.05) is 24.5 Å². The summed E-state index contributed by atoms with van der Waals surface area (Å²) in [6.45, 7) is 10.9. The second-order valence-corrected chi connectivity index (χ2v) is 16.0. The van der Waals surface area contributed by atoms with Crippen molar-refractivity contribution in [3.05, 3.63) is 144 Å². The molecule has 2 fully saturated rings. The van der Waals surface area contributed by atoms with Gasteiger partial charge in [-0.2, -0.15) is 5.10 Å². The summed E-state index contributed by atoms with van der Waals surface area (Å²) in [5.41, 5.74) is 4.32. The maximum absolute atomic E-state index is 14.4. The van der Waals surface area contributed by atoms with Gasteiger partial charge in [0.1, 0.15) is 16.8 Å². The fraction of sp³-hybridized carbons (Fsp3) is 0.304. The van der Waals surface area contributed by atoms with Gasteiger partial charge < -0.3 is 19.3 Å². The number of carbonyl (C=O) groups excluding carboxylic acids is 2. The van der Waals surface area contributed by atoms with Gasteiger partial charge in [0, 0.05) is 48.5 Å². The van der Waals surface area contributed by atoms with Crippen molar-refractivity contribution >= 4 is 28.6 Å². The Morgan fingerprint density at radius 1 is 0.782 bits per heavy atom. The van der Waals surface area contributed by atoms with E-state index in [2.05, 4.69) is 94.6 Å². The Labute approximate surface area is 322 Å². The van der Waals surface area contributed by atoms with E-state index in [-0.39, 0.29) is 18.1 Å². The van der Waals surface area contributed by atoms with E-state index >= 15 is 0 Å². The van der Waals surface area contributed by atoms with Crippen LogP contribution in [-0.4, -0.2) is 63.0 Å². The number of likely N-dealkylation sites (tertiary alicyclic amines) is 1. The first-order valence-corrected chi connectivity index (χ1v) is 19.1. The number of pyridine rings is 1. The molecule has 2 aliphatic rings. The zero-order valence-corrected chi connectivity index (χ0v) is 32.1. The molecule has 4 heterocycles. The van der Waals surface area contributed by atoms with Crippen LogP contribution in [0, 0.1) is 5.41 Å². The molecule has 2 saturated heterocycles. The zero-order valence-electron chi connectivity index (χ0n) is 32.1. The van der Waals surface area contributed by atoms with Crippen molar-refractivity contribution in [3.8, 4) is 17.1 Å². The average Bonchev–Trinajstić information content (AvgIpc) is 3.88. The van der Waals surface area contributed by atoms with E-state index in [0.717, 1.165) is 44.5 Å². The number of hydrogen-bond donors (Lipinski definition) is 0. The molecule has 1 spiro atoms. The molecule has 2 aromatic heterocycles. The maximum atomic E-state index is 14.4. The topological polar surface area (TPSA) is 89.8 Å². The van der Waals surface area contributed by atoms with E-state index < -0.39 is 16.6 Å². The highest BCUT2D eigenvalue weighted by Gasteiger charge is 2.52. The summed E-state index contributed by atoms with van der Waals surface area (Å²) in [6, 6.07) is 41.6. The molecular weight excluding hydrogens is 687 g/mol. The van der Waals surface area contributed by atoms with Crippen molar-refractivity contribution in [1.82, 2.24) is 19.7 Å². The van der Waals surface area contributed by atoms with Crippen molar-refractivity contribution in [1.29, 1.82) is 0 Å². The summed E-state index contributed by atoms with van der Waals surface area (Å²) in [4.78, 5) is 35.7. The van der Waals surface area contributed by atoms with Gasteiger partial charge in [0.15, 0.2) is 0 Å². The molecule has 9 nitrogen and oxygen atoms in total.